The van der Waals surface area contributed by atoms with Gasteiger partial charge in [-0.25, -0.2) is 0 Å². The molecule has 1 N–H and O–H groups in total. The third-order valence-corrected chi connectivity index (χ3v) is 4.67. The molecule has 0 spiro atoms. The first-order chi connectivity index (χ1) is 10.3. The summed E-state index contributed by atoms with van der Waals surface area (Å²) in [4.78, 5) is 14.6. The zero-order chi connectivity index (χ0) is 14.7. The number of fused-ring (bicyclic) bond motifs is 1. The van der Waals surface area contributed by atoms with Crippen LogP contribution in [-0.4, -0.2) is 25.0 Å². The van der Waals surface area contributed by atoms with Crippen molar-refractivity contribution in [1.82, 2.24) is 5.32 Å². The third-order valence-electron chi connectivity index (χ3n) is 4.67. The molecule has 21 heavy (non-hydrogen) atoms. The average Bonchev–Trinajstić information content (AvgIpc) is 2.97. The minimum absolute atomic E-state index is 0.174. The second-order valence-corrected chi connectivity index (χ2v) is 6.15. The quantitative estimate of drug-likeness (QED) is 0.862. The Hall–Kier alpha value is -1.77. The number of rotatable bonds is 4. The molecule has 3 nitrogen and oxygen atoms in total. The second kappa shape index (κ2) is 6.33. The molecule has 0 bridgehead atoms. The fourth-order valence-electron chi connectivity index (χ4n) is 3.36. The number of allylic oxidation sites excluding steroid dienone is 2. The van der Waals surface area contributed by atoms with E-state index in [0.717, 1.165) is 38.8 Å². The van der Waals surface area contributed by atoms with Gasteiger partial charge in [0.1, 0.15) is 0 Å². The first-order valence-electron chi connectivity index (χ1n) is 8.03. The lowest BCUT2D eigenvalue weighted by molar-refractivity contribution is -0.125. The number of amides is 1. The molecule has 1 aliphatic carbocycles. The zero-order valence-electron chi connectivity index (χ0n) is 12.7. The maximum absolute atomic E-state index is 12.2. The molecule has 2 aliphatic rings. The predicted molar refractivity (Wildman–Crippen MR) is 86.4 cm³/mol. The Balaban J connectivity index is 1.54. The maximum atomic E-state index is 12.2. The number of carbonyl (C=O) groups is 1. The molecule has 1 aliphatic heterocycles. The first kappa shape index (κ1) is 14.2. The highest BCUT2D eigenvalue weighted by Gasteiger charge is 2.24. The van der Waals surface area contributed by atoms with E-state index >= 15 is 0 Å². The lowest BCUT2D eigenvalue weighted by Crippen LogP contribution is -2.43. The van der Waals surface area contributed by atoms with E-state index in [1.807, 2.05) is 0 Å². The molecule has 1 heterocycles. The zero-order valence-corrected chi connectivity index (χ0v) is 12.7. The summed E-state index contributed by atoms with van der Waals surface area (Å²) in [6, 6.07) is 8.93. The molecule has 1 aromatic rings. The summed E-state index contributed by atoms with van der Waals surface area (Å²) in [5, 5.41) is 3.15. The van der Waals surface area contributed by atoms with E-state index < -0.39 is 0 Å². The van der Waals surface area contributed by atoms with Crippen molar-refractivity contribution in [1.29, 1.82) is 0 Å². The van der Waals surface area contributed by atoms with E-state index in [2.05, 4.69) is 53.6 Å². The molecule has 1 aromatic carbocycles. The Morgan fingerprint density at radius 1 is 1.38 bits per heavy atom. The minimum atomic E-state index is 0.174. The lowest BCUT2D eigenvalue weighted by atomic mass is 9.93. The van der Waals surface area contributed by atoms with Gasteiger partial charge < -0.3 is 10.2 Å². The van der Waals surface area contributed by atoms with Gasteiger partial charge in [0.15, 0.2) is 0 Å². The summed E-state index contributed by atoms with van der Waals surface area (Å²) in [5.41, 5.74) is 2.76. The third kappa shape index (κ3) is 3.12. The summed E-state index contributed by atoms with van der Waals surface area (Å²) >= 11 is 0. The topological polar surface area (TPSA) is 32.3 Å². The van der Waals surface area contributed by atoms with Crippen LogP contribution in [0.5, 0.6) is 0 Å². The largest absolute Gasteiger partial charge is 0.366 e. The van der Waals surface area contributed by atoms with Gasteiger partial charge in [0.25, 0.3) is 0 Å². The summed E-state index contributed by atoms with van der Waals surface area (Å²) in [6.07, 6.45) is 8.34. The van der Waals surface area contributed by atoms with E-state index in [-0.39, 0.29) is 11.8 Å². The van der Waals surface area contributed by atoms with Gasteiger partial charge in [0, 0.05) is 30.7 Å². The molecule has 0 unspecified atom stereocenters. The highest BCUT2D eigenvalue weighted by Crippen LogP contribution is 2.29. The van der Waals surface area contributed by atoms with Gasteiger partial charge >= 0.3 is 0 Å². The maximum Gasteiger partial charge on any atom is 0.223 e. The molecule has 112 valence electrons. The van der Waals surface area contributed by atoms with Crippen LogP contribution in [0.1, 0.15) is 31.7 Å². The molecule has 3 rings (SSSR count). The SMILES string of the molecule is C[C@@H](CNC(=O)[C@@H]1CC=CCC1)N1CCc2ccccc21. The van der Waals surface area contributed by atoms with E-state index in [1.54, 1.807) is 0 Å². The van der Waals surface area contributed by atoms with E-state index in [1.165, 1.54) is 11.3 Å². The van der Waals surface area contributed by atoms with Crippen LogP contribution in [0.15, 0.2) is 36.4 Å². The van der Waals surface area contributed by atoms with Crippen LogP contribution >= 0.6 is 0 Å². The first-order valence-corrected chi connectivity index (χ1v) is 8.03. The monoisotopic (exact) mass is 284 g/mol. The minimum Gasteiger partial charge on any atom is -0.366 e. The molecule has 0 aromatic heterocycles. The predicted octanol–water partition coefficient (Wildman–Crippen LogP) is 2.91. The van der Waals surface area contributed by atoms with Crippen molar-refractivity contribution in [3.05, 3.63) is 42.0 Å². The Kier molecular flexibility index (Phi) is 4.28. The van der Waals surface area contributed by atoms with E-state index in [9.17, 15) is 4.79 Å². The lowest BCUT2D eigenvalue weighted by Gasteiger charge is -2.28. The Bertz CT molecular complexity index is 538. The number of carbonyl (C=O) groups excluding carboxylic acids is 1. The number of hydrogen-bond acceptors (Lipinski definition) is 2. The van der Waals surface area contributed by atoms with Crippen molar-refractivity contribution in [3.8, 4) is 0 Å². The Labute approximate surface area is 127 Å². The van der Waals surface area contributed by atoms with Crippen molar-refractivity contribution < 1.29 is 4.79 Å². The summed E-state index contributed by atoms with van der Waals surface area (Å²) < 4.78 is 0. The van der Waals surface area contributed by atoms with Crippen LogP contribution in [0.25, 0.3) is 0 Å². The average molecular weight is 284 g/mol. The molecular formula is C18H24N2O. The normalized spacial score (nSPS) is 22.0. The fraction of sp³-hybridized carbons (Fsp3) is 0.500. The molecule has 0 saturated heterocycles. The molecule has 1 amide bonds. The summed E-state index contributed by atoms with van der Waals surface area (Å²) in [7, 11) is 0. The number of nitrogens with one attached hydrogen (secondary N) is 1. The molecule has 0 radical (unpaired) electrons. The molecule has 3 heteroatoms. The van der Waals surface area contributed by atoms with E-state index in [4.69, 9.17) is 0 Å². The van der Waals surface area contributed by atoms with Crippen LogP contribution in [0.3, 0.4) is 0 Å². The number of para-hydroxylation sites is 1. The fourth-order valence-corrected chi connectivity index (χ4v) is 3.36. The van der Waals surface area contributed by atoms with Crippen LogP contribution in [-0.2, 0) is 11.2 Å². The highest BCUT2D eigenvalue weighted by atomic mass is 16.1. The van der Waals surface area contributed by atoms with Crippen molar-refractivity contribution in [2.75, 3.05) is 18.0 Å². The summed E-state index contributed by atoms with van der Waals surface area (Å²) in [6.45, 7) is 3.99. The van der Waals surface area contributed by atoms with Crippen LogP contribution in [0, 0.1) is 5.92 Å². The highest BCUT2D eigenvalue weighted by molar-refractivity contribution is 5.79. The van der Waals surface area contributed by atoms with Crippen molar-refractivity contribution in [2.45, 2.75) is 38.6 Å². The van der Waals surface area contributed by atoms with Crippen molar-refractivity contribution >= 4 is 11.6 Å². The van der Waals surface area contributed by atoms with Gasteiger partial charge in [-0.05, 0) is 44.2 Å². The van der Waals surface area contributed by atoms with Crippen molar-refractivity contribution in [2.24, 2.45) is 5.92 Å². The van der Waals surface area contributed by atoms with E-state index in [0.29, 0.717) is 6.04 Å². The molecule has 0 saturated carbocycles. The van der Waals surface area contributed by atoms with Crippen molar-refractivity contribution in [3.63, 3.8) is 0 Å². The van der Waals surface area contributed by atoms with Crippen LogP contribution in [0.4, 0.5) is 5.69 Å². The number of hydrogen-bond donors (Lipinski definition) is 1. The smallest absolute Gasteiger partial charge is 0.223 e. The van der Waals surface area contributed by atoms with Gasteiger partial charge in [0.05, 0.1) is 0 Å². The molecular weight excluding hydrogens is 260 g/mol. The van der Waals surface area contributed by atoms with Crippen LogP contribution < -0.4 is 10.2 Å². The standard InChI is InChI=1S/C18H24N2O/c1-14(13-19-18(21)16-8-3-2-4-9-16)20-12-11-15-7-5-6-10-17(15)20/h2-3,5-7,10,14,16H,4,8-9,11-13H2,1H3,(H,19,21)/t14-,16+/m0/s1. The van der Waals surface area contributed by atoms with Gasteiger partial charge in [-0.15, -0.1) is 0 Å². The van der Waals surface area contributed by atoms with Gasteiger partial charge in [-0.3, -0.25) is 4.79 Å². The van der Waals surface area contributed by atoms with Gasteiger partial charge in [-0.2, -0.15) is 0 Å². The van der Waals surface area contributed by atoms with Gasteiger partial charge in [0.2, 0.25) is 5.91 Å². The van der Waals surface area contributed by atoms with Crippen LogP contribution in [0.2, 0.25) is 0 Å². The summed E-state index contributed by atoms with van der Waals surface area (Å²) in [5.74, 6) is 0.395. The molecule has 0 fully saturated rings. The molecule has 2 atom stereocenters. The Morgan fingerprint density at radius 2 is 2.24 bits per heavy atom. The number of anilines is 1. The number of benzene rings is 1. The number of nitrogens with zero attached hydrogens (tertiary/aromatic N) is 1. The van der Waals surface area contributed by atoms with Gasteiger partial charge in [-0.1, -0.05) is 30.4 Å². The second-order valence-electron chi connectivity index (χ2n) is 6.15. The Morgan fingerprint density at radius 3 is 3.05 bits per heavy atom.